The number of nitrogen functional groups attached to an aromatic ring is 1. The minimum atomic E-state index is -3.81. The van der Waals surface area contributed by atoms with Crippen LogP contribution < -0.4 is 15.6 Å². The van der Waals surface area contributed by atoms with E-state index in [0.29, 0.717) is 11.3 Å². The van der Waals surface area contributed by atoms with E-state index in [1.165, 1.54) is 6.07 Å². The molecule has 0 radical (unpaired) electrons. The van der Waals surface area contributed by atoms with Crippen molar-refractivity contribution in [3.63, 3.8) is 0 Å². The van der Waals surface area contributed by atoms with Crippen molar-refractivity contribution in [3.8, 4) is 0 Å². The van der Waals surface area contributed by atoms with Crippen LogP contribution in [0.3, 0.4) is 0 Å². The van der Waals surface area contributed by atoms with Crippen LogP contribution >= 0.6 is 0 Å². The summed E-state index contributed by atoms with van der Waals surface area (Å²) in [5, 5.41) is 4.80. The summed E-state index contributed by atoms with van der Waals surface area (Å²) < 4.78 is 47.8. The second kappa shape index (κ2) is 5.45. The smallest absolute Gasteiger partial charge is 0.240 e. The summed E-state index contributed by atoms with van der Waals surface area (Å²) >= 11 is 0. The van der Waals surface area contributed by atoms with E-state index >= 15 is 0 Å². The standard InChI is InChI=1S/C10H17N3O4S2/c1-7-5-9(11)6-10(8(7)2)19(16,17)13-3-4-18(12,14)15/h5-6,13H,3-4,11H2,1-2H3,(H2,12,14,15). The van der Waals surface area contributed by atoms with E-state index in [-0.39, 0.29) is 11.4 Å². The molecule has 1 aromatic rings. The molecule has 0 saturated carbocycles. The Morgan fingerprint density at radius 1 is 1.16 bits per heavy atom. The van der Waals surface area contributed by atoms with Crippen molar-refractivity contribution in [1.29, 1.82) is 0 Å². The van der Waals surface area contributed by atoms with E-state index in [9.17, 15) is 16.8 Å². The molecule has 0 spiro atoms. The largest absolute Gasteiger partial charge is 0.399 e. The summed E-state index contributed by atoms with van der Waals surface area (Å²) in [6.45, 7) is 3.12. The SMILES string of the molecule is Cc1cc(N)cc(S(=O)(=O)NCCS(N)(=O)=O)c1C. The van der Waals surface area contributed by atoms with Gasteiger partial charge in [0, 0.05) is 12.2 Å². The fourth-order valence-electron chi connectivity index (χ4n) is 1.53. The number of rotatable bonds is 5. The molecule has 1 rings (SSSR count). The topological polar surface area (TPSA) is 132 Å². The van der Waals surface area contributed by atoms with Crippen molar-refractivity contribution in [2.75, 3.05) is 18.0 Å². The lowest BCUT2D eigenvalue weighted by atomic mass is 10.1. The van der Waals surface area contributed by atoms with Gasteiger partial charge in [-0.3, -0.25) is 0 Å². The summed E-state index contributed by atoms with van der Waals surface area (Å²) in [4.78, 5) is 0.0411. The number of sulfonamides is 2. The van der Waals surface area contributed by atoms with E-state index in [2.05, 4.69) is 4.72 Å². The highest BCUT2D eigenvalue weighted by molar-refractivity contribution is 7.90. The predicted molar refractivity (Wildman–Crippen MR) is 73.5 cm³/mol. The maximum absolute atomic E-state index is 12.0. The molecule has 0 unspecified atom stereocenters. The molecule has 5 N–H and O–H groups in total. The predicted octanol–water partition coefficient (Wildman–Crippen LogP) is -0.548. The quantitative estimate of drug-likeness (QED) is 0.628. The van der Waals surface area contributed by atoms with E-state index in [0.717, 1.165) is 5.56 Å². The van der Waals surface area contributed by atoms with Gasteiger partial charge < -0.3 is 5.73 Å². The average Bonchev–Trinajstić information content (AvgIpc) is 2.20. The Bertz CT molecular complexity index is 681. The zero-order valence-corrected chi connectivity index (χ0v) is 12.3. The van der Waals surface area contributed by atoms with Crippen molar-refractivity contribution in [2.45, 2.75) is 18.7 Å². The van der Waals surface area contributed by atoms with Gasteiger partial charge in [0.2, 0.25) is 20.0 Å². The molecule has 0 bridgehead atoms. The van der Waals surface area contributed by atoms with Crippen LogP contribution in [0, 0.1) is 13.8 Å². The van der Waals surface area contributed by atoms with Crippen molar-refractivity contribution in [3.05, 3.63) is 23.3 Å². The van der Waals surface area contributed by atoms with E-state index in [1.54, 1.807) is 19.9 Å². The van der Waals surface area contributed by atoms with Gasteiger partial charge in [-0.2, -0.15) is 0 Å². The fourth-order valence-corrected chi connectivity index (χ4v) is 3.43. The molecule has 0 atom stereocenters. The number of aryl methyl sites for hydroxylation is 1. The van der Waals surface area contributed by atoms with Gasteiger partial charge in [0.05, 0.1) is 10.6 Å². The van der Waals surface area contributed by atoms with Crippen LogP contribution in [0.5, 0.6) is 0 Å². The number of hydrogen-bond acceptors (Lipinski definition) is 5. The monoisotopic (exact) mass is 307 g/mol. The minimum absolute atomic E-state index is 0.0411. The normalized spacial score (nSPS) is 12.6. The van der Waals surface area contributed by atoms with Crippen LogP contribution in [0.25, 0.3) is 0 Å². The van der Waals surface area contributed by atoms with Crippen LogP contribution in [0.15, 0.2) is 17.0 Å². The highest BCUT2D eigenvalue weighted by atomic mass is 32.2. The summed E-state index contributed by atoms with van der Waals surface area (Å²) in [5.41, 5.74) is 7.25. The third kappa shape index (κ3) is 4.46. The van der Waals surface area contributed by atoms with Crippen molar-refractivity contribution < 1.29 is 16.8 Å². The molecular formula is C10H17N3O4S2. The Hall–Kier alpha value is -1.16. The minimum Gasteiger partial charge on any atom is -0.399 e. The third-order valence-corrected chi connectivity index (χ3v) is 4.97. The molecule has 1 aromatic carbocycles. The first-order valence-corrected chi connectivity index (χ1v) is 8.59. The second-order valence-electron chi connectivity index (χ2n) is 4.23. The Kier molecular flexibility index (Phi) is 4.56. The van der Waals surface area contributed by atoms with Crippen LogP contribution in [-0.4, -0.2) is 29.1 Å². The number of nitrogens with one attached hydrogen (secondary N) is 1. The van der Waals surface area contributed by atoms with E-state index in [1.807, 2.05) is 0 Å². The van der Waals surface area contributed by atoms with Crippen LogP contribution in [-0.2, 0) is 20.0 Å². The molecule has 0 aliphatic carbocycles. The number of primary sulfonamides is 1. The highest BCUT2D eigenvalue weighted by Crippen LogP contribution is 2.21. The van der Waals surface area contributed by atoms with Crippen molar-refractivity contribution in [1.82, 2.24) is 4.72 Å². The first-order chi connectivity index (χ1) is 8.53. The lowest BCUT2D eigenvalue weighted by Crippen LogP contribution is -2.32. The van der Waals surface area contributed by atoms with Gasteiger partial charge in [0.25, 0.3) is 0 Å². The highest BCUT2D eigenvalue weighted by Gasteiger charge is 2.18. The maximum atomic E-state index is 12.0. The summed E-state index contributed by atoms with van der Waals surface area (Å²) in [6.07, 6.45) is 0. The second-order valence-corrected chi connectivity index (χ2v) is 7.70. The lowest BCUT2D eigenvalue weighted by Gasteiger charge is -2.12. The number of anilines is 1. The fraction of sp³-hybridized carbons (Fsp3) is 0.400. The molecule has 9 heteroatoms. The molecule has 0 aliphatic rings. The molecule has 0 saturated heterocycles. The Morgan fingerprint density at radius 3 is 2.26 bits per heavy atom. The van der Waals surface area contributed by atoms with Gasteiger partial charge in [0.15, 0.2) is 0 Å². The Morgan fingerprint density at radius 2 is 1.74 bits per heavy atom. The zero-order valence-electron chi connectivity index (χ0n) is 10.7. The van der Waals surface area contributed by atoms with Crippen LogP contribution in [0.4, 0.5) is 5.69 Å². The van der Waals surface area contributed by atoms with Crippen molar-refractivity contribution in [2.24, 2.45) is 5.14 Å². The number of nitrogens with two attached hydrogens (primary N) is 2. The third-order valence-electron chi connectivity index (χ3n) is 2.61. The Labute approximate surface area is 113 Å². The molecule has 19 heavy (non-hydrogen) atoms. The number of benzene rings is 1. The van der Waals surface area contributed by atoms with Gasteiger partial charge in [-0.1, -0.05) is 0 Å². The summed E-state index contributed by atoms with van der Waals surface area (Å²) in [6, 6.07) is 3.00. The molecule has 108 valence electrons. The summed E-state index contributed by atoms with van der Waals surface area (Å²) in [7, 11) is -7.52. The van der Waals surface area contributed by atoms with Crippen LogP contribution in [0.2, 0.25) is 0 Å². The molecule has 7 nitrogen and oxygen atoms in total. The first-order valence-electron chi connectivity index (χ1n) is 5.40. The molecule has 0 aromatic heterocycles. The van der Waals surface area contributed by atoms with Crippen LogP contribution in [0.1, 0.15) is 11.1 Å². The molecular weight excluding hydrogens is 290 g/mol. The van der Waals surface area contributed by atoms with Gasteiger partial charge in [-0.15, -0.1) is 0 Å². The van der Waals surface area contributed by atoms with Crippen molar-refractivity contribution >= 4 is 25.7 Å². The first kappa shape index (κ1) is 15.9. The molecule has 0 aliphatic heterocycles. The molecule has 0 fully saturated rings. The van der Waals surface area contributed by atoms with Gasteiger partial charge in [0.1, 0.15) is 0 Å². The van der Waals surface area contributed by atoms with Gasteiger partial charge >= 0.3 is 0 Å². The van der Waals surface area contributed by atoms with E-state index in [4.69, 9.17) is 10.9 Å². The van der Waals surface area contributed by atoms with Gasteiger partial charge in [-0.25, -0.2) is 26.7 Å². The maximum Gasteiger partial charge on any atom is 0.240 e. The zero-order chi connectivity index (χ0) is 14.8. The average molecular weight is 307 g/mol. The molecule has 0 amide bonds. The molecule has 0 heterocycles. The Balaban J connectivity index is 3.02. The summed E-state index contributed by atoms with van der Waals surface area (Å²) in [5.74, 6) is -0.466. The number of hydrogen-bond donors (Lipinski definition) is 3. The van der Waals surface area contributed by atoms with Gasteiger partial charge in [-0.05, 0) is 37.1 Å². The van der Waals surface area contributed by atoms with E-state index < -0.39 is 25.8 Å². The lowest BCUT2D eigenvalue weighted by molar-refractivity contribution is 0.580.